The van der Waals surface area contributed by atoms with Gasteiger partial charge in [0.1, 0.15) is 17.8 Å². The summed E-state index contributed by atoms with van der Waals surface area (Å²) in [4.78, 5) is 21.1. The average Bonchev–Trinajstić information content (AvgIpc) is 2.64. The smallest absolute Gasteiger partial charge is 0.479 e. The van der Waals surface area contributed by atoms with E-state index in [0.29, 0.717) is 6.29 Å². The van der Waals surface area contributed by atoms with E-state index in [2.05, 4.69) is 9.47 Å². The van der Waals surface area contributed by atoms with Crippen LogP contribution in [0.1, 0.15) is 28.9 Å². The third-order valence-electron chi connectivity index (χ3n) is 3.18. The van der Waals surface area contributed by atoms with Crippen molar-refractivity contribution in [2.45, 2.75) is 25.8 Å². The minimum atomic E-state index is -4.82. The van der Waals surface area contributed by atoms with E-state index in [9.17, 15) is 35.9 Å². The van der Waals surface area contributed by atoms with Gasteiger partial charge in [0, 0.05) is 12.2 Å². The van der Waals surface area contributed by atoms with Gasteiger partial charge in [0.2, 0.25) is 0 Å². The van der Waals surface area contributed by atoms with Crippen molar-refractivity contribution in [1.82, 2.24) is 0 Å². The predicted molar refractivity (Wildman–Crippen MR) is 93.6 cm³/mol. The molecule has 2 aromatic rings. The minimum Gasteiger partial charge on any atom is -0.479 e. The number of carbonyl (C=O) groups excluding carboxylic acids is 1. The SMILES string of the molecule is CCOC(C(=O)O)c1cccc(OC(F)(F)F)c1.O=Cc1cccc(OC(F)(F)F)c1. The van der Waals surface area contributed by atoms with Crippen LogP contribution in [-0.4, -0.2) is 36.7 Å². The molecule has 12 heteroatoms. The van der Waals surface area contributed by atoms with E-state index in [0.717, 1.165) is 24.3 Å². The van der Waals surface area contributed by atoms with Crippen LogP contribution >= 0.6 is 0 Å². The third-order valence-corrected chi connectivity index (χ3v) is 3.18. The molecule has 0 fully saturated rings. The number of ether oxygens (including phenoxy) is 3. The summed E-state index contributed by atoms with van der Waals surface area (Å²) in [6, 6.07) is 9.54. The molecule has 2 aromatic carbocycles. The van der Waals surface area contributed by atoms with Crippen LogP contribution in [0.4, 0.5) is 26.3 Å². The fourth-order valence-electron chi connectivity index (χ4n) is 2.14. The molecule has 170 valence electrons. The summed E-state index contributed by atoms with van der Waals surface area (Å²) in [5, 5.41) is 8.89. The molecule has 6 nitrogen and oxygen atoms in total. The molecule has 0 aliphatic carbocycles. The van der Waals surface area contributed by atoms with E-state index in [1.807, 2.05) is 0 Å². The van der Waals surface area contributed by atoms with Crippen LogP contribution in [0, 0.1) is 0 Å². The lowest BCUT2D eigenvalue weighted by molar-refractivity contribution is -0.275. The van der Waals surface area contributed by atoms with E-state index in [1.165, 1.54) is 24.3 Å². The van der Waals surface area contributed by atoms with Crippen LogP contribution in [0.5, 0.6) is 11.5 Å². The number of halogens is 6. The predicted octanol–water partition coefficient (Wildman–Crippen LogP) is 5.15. The monoisotopic (exact) mass is 454 g/mol. The highest BCUT2D eigenvalue weighted by Gasteiger charge is 2.32. The molecule has 0 saturated heterocycles. The van der Waals surface area contributed by atoms with Crippen molar-refractivity contribution in [2.75, 3.05) is 6.61 Å². The highest BCUT2D eigenvalue weighted by Crippen LogP contribution is 2.27. The molecule has 1 atom stereocenters. The van der Waals surface area contributed by atoms with Crippen LogP contribution in [0.15, 0.2) is 48.5 Å². The standard InChI is InChI=1S/C11H11F3O4.C8H5F3O2/c1-2-17-9(10(15)16)7-4-3-5-8(6-7)18-11(12,13)14;9-8(10,11)13-7-3-1-2-6(4-7)5-12/h3-6,9H,2H2,1H3,(H,15,16);1-5H. The Morgan fingerprint density at radius 2 is 1.48 bits per heavy atom. The van der Waals surface area contributed by atoms with E-state index in [-0.39, 0.29) is 17.7 Å². The summed E-state index contributed by atoms with van der Waals surface area (Å²) in [6.45, 7) is 1.72. The van der Waals surface area contributed by atoms with Crippen molar-refractivity contribution in [3.8, 4) is 11.5 Å². The van der Waals surface area contributed by atoms with Crippen LogP contribution in [0.2, 0.25) is 0 Å². The molecule has 0 amide bonds. The second kappa shape index (κ2) is 11.2. The largest absolute Gasteiger partial charge is 0.573 e. The van der Waals surface area contributed by atoms with Crippen LogP contribution in [0.3, 0.4) is 0 Å². The number of carboxylic acids is 1. The Balaban J connectivity index is 0.000000327. The zero-order valence-corrected chi connectivity index (χ0v) is 15.7. The van der Waals surface area contributed by atoms with Gasteiger partial charge in [0.15, 0.2) is 6.10 Å². The highest BCUT2D eigenvalue weighted by atomic mass is 19.4. The van der Waals surface area contributed by atoms with E-state index >= 15 is 0 Å². The van der Waals surface area contributed by atoms with E-state index in [4.69, 9.17) is 9.84 Å². The Hall–Kier alpha value is -3.28. The molecule has 0 saturated carbocycles. The van der Waals surface area contributed by atoms with Crippen molar-refractivity contribution in [1.29, 1.82) is 0 Å². The van der Waals surface area contributed by atoms with Gasteiger partial charge in [0.05, 0.1) is 0 Å². The van der Waals surface area contributed by atoms with Crippen LogP contribution in [0.25, 0.3) is 0 Å². The van der Waals surface area contributed by atoms with E-state index in [1.54, 1.807) is 6.92 Å². The maximum Gasteiger partial charge on any atom is 0.573 e. The first kappa shape index (κ1) is 25.8. The lowest BCUT2D eigenvalue weighted by Crippen LogP contribution is -2.18. The lowest BCUT2D eigenvalue weighted by Gasteiger charge is -2.14. The van der Waals surface area contributed by atoms with Gasteiger partial charge in [-0.25, -0.2) is 4.79 Å². The maximum absolute atomic E-state index is 12.0. The summed E-state index contributed by atoms with van der Waals surface area (Å²) in [5.74, 6) is -2.15. The fourth-order valence-corrected chi connectivity index (χ4v) is 2.14. The van der Waals surface area contributed by atoms with Gasteiger partial charge in [-0.1, -0.05) is 24.3 Å². The number of hydrogen-bond donors (Lipinski definition) is 1. The maximum atomic E-state index is 12.0. The van der Waals surface area contributed by atoms with Gasteiger partial charge >= 0.3 is 18.7 Å². The van der Waals surface area contributed by atoms with Gasteiger partial charge in [0.25, 0.3) is 0 Å². The molecule has 0 aliphatic heterocycles. The summed E-state index contributed by atoms with van der Waals surface area (Å²) in [5.41, 5.74) is 0.229. The van der Waals surface area contributed by atoms with Gasteiger partial charge in [-0.2, -0.15) is 0 Å². The Labute approximate surface area is 172 Å². The number of carboxylic acid groups (broad SMARTS) is 1. The van der Waals surface area contributed by atoms with Crippen LogP contribution in [-0.2, 0) is 9.53 Å². The molecule has 0 bridgehead atoms. The molecule has 0 radical (unpaired) electrons. The number of aldehydes is 1. The number of alkyl halides is 6. The Morgan fingerprint density at radius 1 is 0.968 bits per heavy atom. The molecular formula is C19H16F6O6. The molecular weight excluding hydrogens is 438 g/mol. The molecule has 0 aliphatic rings. The third kappa shape index (κ3) is 10.3. The van der Waals surface area contributed by atoms with Gasteiger partial charge < -0.3 is 19.3 Å². The average molecular weight is 454 g/mol. The van der Waals surface area contributed by atoms with Crippen molar-refractivity contribution in [2.24, 2.45) is 0 Å². The van der Waals surface area contributed by atoms with Crippen molar-refractivity contribution < 1.29 is 55.2 Å². The topological polar surface area (TPSA) is 82.1 Å². The van der Waals surface area contributed by atoms with Crippen molar-refractivity contribution >= 4 is 12.3 Å². The zero-order chi connectivity index (χ0) is 23.7. The van der Waals surface area contributed by atoms with Gasteiger partial charge in [-0.05, 0) is 36.8 Å². The molecule has 0 spiro atoms. The second-order valence-electron chi connectivity index (χ2n) is 5.53. The molecule has 31 heavy (non-hydrogen) atoms. The van der Waals surface area contributed by atoms with Crippen molar-refractivity contribution in [3.05, 3.63) is 59.7 Å². The van der Waals surface area contributed by atoms with Crippen molar-refractivity contribution in [3.63, 3.8) is 0 Å². The molecule has 1 N–H and O–H groups in total. The Bertz CT molecular complexity index is 865. The first-order valence-corrected chi connectivity index (χ1v) is 8.35. The fraction of sp³-hybridized carbons (Fsp3) is 0.263. The van der Waals surface area contributed by atoms with Crippen LogP contribution < -0.4 is 9.47 Å². The summed E-state index contributed by atoms with van der Waals surface area (Å²) < 4.78 is 83.3. The summed E-state index contributed by atoms with van der Waals surface area (Å²) in [7, 11) is 0. The van der Waals surface area contributed by atoms with Gasteiger partial charge in [-0.15, -0.1) is 26.3 Å². The molecule has 2 rings (SSSR count). The zero-order valence-electron chi connectivity index (χ0n) is 15.7. The highest BCUT2D eigenvalue weighted by molar-refractivity contribution is 5.75. The lowest BCUT2D eigenvalue weighted by atomic mass is 10.1. The van der Waals surface area contributed by atoms with E-state index < -0.39 is 36.3 Å². The quantitative estimate of drug-likeness (QED) is 0.461. The normalized spacial score (nSPS) is 12.2. The van der Waals surface area contributed by atoms with Gasteiger partial charge in [-0.3, -0.25) is 4.79 Å². The number of carbonyl (C=O) groups is 2. The molecule has 0 heterocycles. The Morgan fingerprint density at radius 3 is 1.94 bits per heavy atom. The Kier molecular flexibility index (Phi) is 9.31. The molecule has 0 aromatic heterocycles. The molecule has 1 unspecified atom stereocenters. The number of aliphatic carboxylic acids is 1. The summed E-state index contributed by atoms with van der Waals surface area (Å²) >= 11 is 0. The minimum absolute atomic E-state index is 0.0890. The number of benzene rings is 2. The number of rotatable bonds is 7. The second-order valence-corrected chi connectivity index (χ2v) is 5.53. The first-order valence-electron chi connectivity index (χ1n) is 8.35. The first-order chi connectivity index (χ1) is 14.3. The summed E-state index contributed by atoms with van der Waals surface area (Å²) in [6.07, 6.45) is -10.4. The number of hydrogen-bond acceptors (Lipinski definition) is 5.